The molecule has 0 aliphatic rings. The van der Waals surface area contributed by atoms with Crippen molar-refractivity contribution in [2.24, 2.45) is 5.10 Å². The molecule has 0 aliphatic heterocycles. The molecule has 30 heavy (non-hydrogen) atoms. The average Bonchev–Trinajstić information content (AvgIpc) is 2.78. The van der Waals surface area contributed by atoms with Gasteiger partial charge < -0.3 is 4.90 Å². The van der Waals surface area contributed by atoms with Crippen LogP contribution in [0, 0.1) is 6.92 Å². The summed E-state index contributed by atoms with van der Waals surface area (Å²) in [5, 5.41) is 4.96. The summed E-state index contributed by atoms with van der Waals surface area (Å²) < 4.78 is 1.35. The van der Waals surface area contributed by atoms with E-state index in [1.807, 2.05) is 36.4 Å². The Bertz CT molecular complexity index is 1230. The Morgan fingerprint density at radius 1 is 0.967 bits per heavy atom. The maximum absolute atomic E-state index is 12.7. The van der Waals surface area contributed by atoms with E-state index in [4.69, 9.17) is 0 Å². The van der Waals surface area contributed by atoms with Crippen molar-refractivity contribution in [2.75, 3.05) is 11.4 Å². The highest BCUT2D eigenvalue weighted by molar-refractivity contribution is 5.81. The van der Waals surface area contributed by atoms with Gasteiger partial charge in [-0.3, -0.25) is 4.79 Å². The normalized spacial score (nSPS) is 11.3. The predicted molar refractivity (Wildman–Crippen MR) is 123 cm³/mol. The van der Waals surface area contributed by atoms with Gasteiger partial charge in [0.15, 0.2) is 0 Å². The van der Waals surface area contributed by atoms with Gasteiger partial charge in [0.2, 0.25) is 0 Å². The molecule has 5 heteroatoms. The minimum absolute atomic E-state index is 0.161. The minimum atomic E-state index is -0.161. The highest BCUT2D eigenvalue weighted by atomic mass is 16.1. The average molecular weight is 396 g/mol. The van der Waals surface area contributed by atoms with Crippen LogP contribution in [0.15, 0.2) is 88.8 Å². The van der Waals surface area contributed by atoms with E-state index >= 15 is 0 Å². The molecule has 1 aromatic heterocycles. The summed E-state index contributed by atoms with van der Waals surface area (Å²) in [4.78, 5) is 19.5. The number of hydrogen-bond acceptors (Lipinski definition) is 4. The van der Waals surface area contributed by atoms with Crippen molar-refractivity contribution in [3.05, 3.63) is 106 Å². The quantitative estimate of drug-likeness (QED) is 0.447. The van der Waals surface area contributed by atoms with Crippen LogP contribution in [0.5, 0.6) is 0 Å². The molecule has 0 saturated carbocycles. The van der Waals surface area contributed by atoms with Crippen LogP contribution in [0.2, 0.25) is 0 Å². The zero-order valence-electron chi connectivity index (χ0n) is 17.2. The third kappa shape index (κ3) is 4.15. The van der Waals surface area contributed by atoms with Crippen LogP contribution in [0.4, 0.5) is 5.69 Å². The number of nitrogens with zero attached hydrogens (tertiary/aromatic N) is 4. The van der Waals surface area contributed by atoms with Gasteiger partial charge in [-0.15, -0.1) is 0 Å². The Morgan fingerprint density at radius 2 is 1.67 bits per heavy atom. The maximum Gasteiger partial charge on any atom is 0.282 e. The lowest BCUT2D eigenvalue weighted by Gasteiger charge is -2.23. The number of rotatable bonds is 6. The van der Waals surface area contributed by atoms with Crippen LogP contribution in [0.1, 0.15) is 23.9 Å². The van der Waals surface area contributed by atoms with Gasteiger partial charge in [-0.25, -0.2) is 4.98 Å². The Kier molecular flexibility index (Phi) is 5.70. The standard InChI is InChI=1S/C25H24N4O/c1-3-28(18-21-9-5-4-6-10-21)22-15-13-20(14-16-22)17-26-29-19(2)27-24-12-8-7-11-23(24)25(29)30/h4-17H,3,18H2,1-2H3. The molecule has 0 unspecified atom stereocenters. The summed E-state index contributed by atoms with van der Waals surface area (Å²) in [5.41, 5.74) is 3.89. The molecular formula is C25H24N4O. The number of fused-ring (bicyclic) bond motifs is 1. The lowest BCUT2D eigenvalue weighted by molar-refractivity contribution is 0.771. The topological polar surface area (TPSA) is 50.5 Å². The van der Waals surface area contributed by atoms with Crippen LogP contribution in [-0.4, -0.2) is 22.4 Å². The van der Waals surface area contributed by atoms with Gasteiger partial charge in [0.25, 0.3) is 5.56 Å². The van der Waals surface area contributed by atoms with E-state index < -0.39 is 0 Å². The summed E-state index contributed by atoms with van der Waals surface area (Å²) in [6.45, 7) is 5.72. The highest BCUT2D eigenvalue weighted by Crippen LogP contribution is 2.17. The second kappa shape index (κ2) is 8.74. The molecule has 1 heterocycles. The van der Waals surface area contributed by atoms with Crippen molar-refractivity contribution in [1.82, 2.24) is 9.66 Å². The molecular weight excluding hydrogens is 372 g/mol. The van der Waals surface area contributed by atoms with E-state index in [2.05, 4.69) is 58.3 Å². The Balaban J connectivity index is 1.56. The molecule has 3 aromatic carbocycles. The van der Waals surface area contributed by atoms with Gasteiger partial charge in [0, 0.05) is 18.8 Å². The molecule has 0 bridgehead atoms. The molecule has 150 valence electrons. The molecule has 0 atom stereocenters. The SMILES string of the molecule is CCN(Cc1ccccc1)c1ccc(C=Nn2c(C)nc3ccccc3c2=O)cc1. The monoisotopic (exact) mass is 396 g/mol. The molecule has 0 radical (unpaired) electrons. The summed E-state index contributed by atoms with van der Waals surface area (Å²) in [6, 6.07) is 26.0. The highest BCUT2D eigenvalue weighted by Gasteiger charge is 2.07. The van der Waals surface area contributed by atoms with E-state index in [1.165, 1.54) is 10.2 Å². The fraction of sp³-hybridized carbons (Fsp3) is 0.160. The van der Waals surface area contributed by atoms with Crippen molar-refractivity contribution in [3.8, 4) is 0 Å². The fourth-order valence-electron chi connectivity index (χ4n) is 3.46. The minimum Gasteiger partial charge on any atom is -0.367 e. The van der Waals surface area contributed by atoms with Crippen LogP contribution in [-0.2, 0) is 6.54 Å². The van der Waals surface area contributed by atoms with Gasteiger partial charge in [-0.05, 0) is 49.2 Å². The molecule has 4 rings (SSSR count). The van der Waals surface area contributed by atoms with Crippen molar-refractivity contribution in [2.45, 2.75) is 20.4 Å². The molecule has 5 nitrogen and oxygen atoms in total. The second-order valence-electron chi connectivity index (χ2n) is 7.13. The first-order valence-electron chi connectivity index (χ1n) is 10.1. The van der Waals surface area contributed by atoms with Crippen molar-refractivity contribution < 1.29 is 0 Å². The van der Waals surface area contributed by atoms with E-state index in [0.29, 0.717) is 16.7 Å². The maximum atomic E-state index is 12.7. The molecule has 0 amide bonds. The van der Waals surface area contributed by atoms with Crippen molar-refractivity contribution in [3.63, 3.8) is 0 Å². The zero-order chi connectivity index (χ0) is 20.9. The fourth-order valence-corrected chi connectivity index (χ4v) is 3.46. The van der Waals surface area contributed by atoms with E-state index in [0.717, 1.165) is 24.3 Å². The summed E-state index contributed by atoms with van der Waals surface area (Å²) in [7, 11) is 0. The Labute approximate surface area is 175 Å². The number of benzene rings is 3. The van der Waals surface area contributed by atoms with E-state index in [9.17, 15) is 4.79 Å². The predicted octanol–water partition coefficient (Wildman–Crippen LogP) is 4.61. The molecule has 0 N–H and O–H groups in total. The number of para-hydroxylation sites is 1. The lowest BCUT2D eigenvalue weighted by Crippen LogP contribution is -2.22. The van der Waals surface area contributed by atoms with Crippen LogP contribution >= 0.6 is 0 Å². The number of aryl methyl sites for hydroxylation is 1. The largest absolute Gasteiger partial charge is 0.367 e. The Hall–Kier alpha value is -3.73. The van der Waals surface area contributed by atoms with E-state index in [-0.39, 0.29) is 5.56 Å². The third-order valence-electron chi connectivity index (χ3n) is 5.09. The first kappa shape index (κ1) is 19.6. The third-order valence-corrected chi connectivity index (χ3v) is 5.09. The molecule has 0 spiro atoms. The first-order valence-corrected chi connectivity index (χ1v) is 10.1. The van der Waals surface area contributed by atoms with Gasteiger partial charge in [-0.2, -0.15) is 9.78 Å². The molecule has 0 aliphatic carbocycles. The Morgan fingerprint density at radius 3 is 2.40 bits per heavy atom. The number of anilines is 1. The molecule has 4 aromatic rings. The number of hydrogen-bond donors (Lipinski definition) is 0. The van der Waals surface area contributed by atoms with Crippen LogP contribution < -0.4 is 10.5 Å². The van der Waals surface area contributed by atoms with Gasteiger partial charge in [0.05, 0.1) is 17.1 Å². The smallest absolute Gasteiger partial charge is 0.282 e. The summed E-state index contributed by atoms with van der Waals surface area (Å²) >= 11 is 0. The summed E-state index contributed by atoms with van der Waals surface area (Å²) in [5.74, 6) is 0.562. The van der Waals surface area contributed by atoms with Crippen LogP contribution in [0.25, 0.3) is 10.9 Å². The summed E-state index contributed by atoms with van der Waals surface area (Å²) in [6.07, 6.45) is 1.70. The zero-order valence-corrected chi connectivity index (χ0v) is 17.2. The van der Waals surface area contributed by atoms with Crippen molar-refractivity contribution in [1.29, 1.82) is 0 Å². The second-order valence-corrected chi connectivity index (χ2v) is 7.13. The molecule has 0 saturated heterocycles. The van der Waals surface area contributed by atoms with Crippen LogP contribution in [0.3, 0.4) is 0 Å². The van der Waals surface area contributed by atoms with Crippen molar-refractivity contribution >= 4 is 22.8 Å². The number of aromatic nitrogens is 2. The van der Waals surface area contributed by atoms with Gasteiger partial charge in [-0.1, -0.05) is 54.6 Å². The first-order chi connectivity index (χ1) is 14.7. The van der Waals surface area contributed by atoms with E-state index in [1.54, 1.807) is 19.2 Å². The van der Waals surface area contributed by atoms with Gasteiger partial charge in [0.1, 0.15) is 5.82 Å². The van der Waals surface area contributed by atoms with Gasteiger partial charge >= 0.3 is 0 Å². The lowest BCUT2D eigenvalue weighted by atomic mass is 10.1. The molecule has 0 fully saturated rings.